The summed E-state index contributed by atoms with van der Waals surface area (Å²) in [6, 6.07) is 13.1. The molecule has 162 valence electrons. The van der Waals surface area contributed by atoms with Crippen LogP contribution in [0.15, 0.2) is 59.9 Å². The summed E-state index contributed by atoms with van der Waals surface area (Å²) >= 11 is 6.32. The molecular formula is C23H17ClN8O. The van der Waals surface area contributed by atoms with Crippen LogP contribution in [0.2, 0.25) is 5.02 Å². The SMILES string of the molecule is N#Cc1c[nH]c2ncnc(N3CCCC3c3nn4ccc(Cl)c4c(=O)n3-c3ccccc3)c12. The summed E-state index contributed by atoms with van der Waals surface area (Å²) < 4.78 is 3.17. The lowest BCUT2D eigenvalue weighted by molar-refractivity contribution is 0.602. The Balaban J connectivity index is 1.61. The summed E-state index contributed by atoms with van der Waals surface area (Å²) in [5, 5.41) is 15.5. The fourth-order valence-corrected chi connectivity index (χ4v) is 4.85. The average molecular weight is 457 g/mol. The highest BCUT2D eigenvalue weighted by molar-refractivity contribution is 6.33. The van der Waals surface area contributed by atoms with Crippen LogP contribution in [0.5, 0.6) is 0 Å². The fourth-order valence-electron chi connectivity index (χ4n) is 4.63. The first-order valence-electron chi connectivity index (χ1n) is 10.5. The molecular weight excluding hydrogens is 440 g/mol. The normalized spacial score (nSPS) is 16.0. The first-order chi connectivity index (χ1) is 16.2. The van der Waals surface area contributed by atoms with Crippen molar-refractivity contribution in [3.8, 4) is 11.8 Å². The van der Waals surface area contributed by atoms with Gasteiger partial charge in [-0.1, -0.05) is 29.8 Å². The van der Waals surface area contributed by atoms with E-state index in [1.165, 1.54) is 6.33 Å². The van der Waals surface area contributed by atoms with Gasteiger partial charge in [0.25, 0.3) is 5.56 Å². The molecule has 4 aromatic heterocycles. The van der Waals surface area contributed by atoms with Gasteiger partial charge in [0, 0.05) is 18.9 Å². The van der Waals surface area contributed by atoms with Crippen LogP contribution in [-0.2, 0) is 0 Å². The van der Waals surface area contributed by atoms with Crippen molar-refractivity contribution in [3.63, 3.8) is 0 Å². The minimum Gasteiger partial charge on any atom is -0.346 e. The van der Waals surface area contributed by atoms with Crippen molar-refractivity contribution in [3.05, 3.63) is 81.9 Å². The summed E-state index contributed by atoms with van der Waals surface area (Å²) in [7, 11) is 0. The summed E-state index contributed by atoms with van der Waals surface area (Å²) in [5.74, 6) is 1.24. The van der Waals surface area contributed by atoms with Crippen LogP contribution in [0.3, 0.4) is 0 Å². The van der Waals surface area contributed by atoms with Gasteiger partial charge in [-0.15, -0.1) is 0 Å². The molecule has 5 heterocycles. The first-order valence-corrected chi connectivity index (χ1v) is 10.9. The number of aromatic nitrogens is 6. The van der Waals surface area contributed by atoms with Crippen LogP contribution in [0.4, 0.5) is 5.82 Å². The largest absolute Gasteiger partial charge is 0.346 e. The third-order valence-corrected chi connectivity index (χ3v) is 6.37. The Hall–Kier alpha value is -4.16. The minimum absolute atomic E-state index is 0.233. The Bertz CT molecular complexity index is 1610. The zero-order chi connectivity index (χ0) is 22.5. The van der Waals surface area contributed by atoms with Crippen LogP contribution in [0.1, 0.15) is 30.3 Å². The van der Waals surface area contributed by atoms with E-state index in [-0.39, 0.29) is 11.6 Å². The number of nitrogens with zero attached hydrogens (tertiary/aromatic N) is 7. The van der Waals surface area contributed by atoms with E-state index in [0.717, 1.165) is 12.8 Å². The highest BCUT2D eigenvalue weighted by Crippen LogP contribution is 2.38. The maximum atomic E-state index is 13.6. The molecule has 0 radical (unpaired) electrons. The summed E-state index contributed by atoms with van der Waals surface area (Å²) in [5.41, 5.74) is 1.88. The molecule has 1 aromatic carbocycles. The van der Waals surface area contributed by atoms with Gasteiger partial charge in [0.05, 0.1) is 27.7 Å². The van der Waals surface area contributed by atoms with Crippen molar-refractivity contribution in [1.29, 1.82) is 5.26 Å². The molecule has 1 N–H and O–H groups in total. The molecule has 0 aliphatic carbocycles. The summed E-state index contributed by atoms with van der Waals surface area (Å²) in [4.78, 5) is 27.6. The van der Waals surface area contributed by atoms with Gasteiger partial charge in [0.1, 0.15) is 29.4 Å². The molecule has 33 heavy (non-hydrogen) atoms. The standard InChI is InChI=1S/C23H17ClN8O/c24-16-8-10-31-19(16)23(33)32(15-5-2-1-3-6-15)21(29-31)17-7-4-9-30(17)22-18-14(11-25)12-26-20(18)27-13-28-22/h1-3,5-6,8,10,12-13,17H,4,7,9H2,(H,26,27,28). The number of anilines is 1. The van der Waals surface area contributed by atoms with Gasteiger partial charge >= 0.3 is 0 Å². The molecule has 0 amide bonds. The van der Waals surface area contributed by atoms with Crippen molar-refractivity contribution in [2.45, 2.75) is 18.9 Å². The smallest absolute Gasteiger partial charge is 0.284 e. The number of halogens is 1. The van der Waals surface area contributed by atoms with Crippen LogP contribution < -0.4 is 10.5 Å². The number of aromatic amines is 1. The number of H-pyrrole nitrogens is 1. The molecule has 1 atom stereocenters. The second-order valence-corrected chi connectivity index (χ2v) is 8.28. The van der Waals surface area contributed by atoms with Crippen LogP contribution in [0, 0.1) is 11.3 Å². The maximum Gasteiger partial charge on any atom is 0.284 e. The zero-order valence-corrected chi connectivity index (χ0v) is 18.1. The second-order valence-electron chi connectivity index (χ2n) is 7.88. The van der Waals surface area contributed by atoms with E-state index in [0.29, 0.717) is 51.0 Å². The maximum absolute atomic E-state index is 13.6. The Morgan fingerprint density at radius 2 is 2.03 bits per heavy atom. The monoisotopic (exact) mass is 456 g/mol. The van der Waals surface area contributed by atoms with Crippen molar-refractivity contribution < 1.29 is 0 Å². The molecule has 6 rings (SSSR count). The Kier molecular flexibility index (Phi) is 4.41. The Morgan fingerprint density at radius 1 is 1.18 bits per heavy atom. The molecule has 0 saturated carbocycles. The molecule has 1 unspecified atom stereocenters. The topological polar surface area (TPSA) is 108 Å². The zero-order valence-electron chi connectivity index (χ0n) is 17.3. The minimum atomic E-state index is -0.236. The lowest BCUT2D eigenvalue weighted by Gasteiger charge is -2.27. The van der Waals surface area contributed by atoms with Gasteiger partial charge in [0.2, 0.25) is 0 Å². The van der Waals surface area contributed by atoms with Crippen molar-refractivity contribution in [1.82, 2.24) is 29.1 Å². The van der Waals surface area contributed by atoms with Crippen LogP contribution in [0.25, 0.3) is 22.2 Å². The molecule has 5 aromatic rings. The molecule has 10 heteroatoms. The number of nitrogens with one attached hydrogen (secondary N) is 1. The van der Waals surface area contributed by atoms with E-state index >= 15 is 0 Å². The van der Waals surface area contributed by atoms with Crippen LogP contribution in [-0.4, -0.2) is 35.7 Å². The van der Waals surface area contributed by atoms with E-state index in [1.54, 1.807) is 27.5 Å². The highest BCUT2D eigenvalue weighted by atomic mass is 35.5. The van der Waals surface area contributed by atoms with Gasteiger partial charge in [-0.25, -0.2) is 14.5 Å². The van der Waals surface area contributed by atoms with Gasteiger partial charge < -0.3 is 9.88 Å². The molecule has 9 nitrogen and oxygen atoms in total. The lowest BCUT2D eigenvalue weighted by Crippen LogP contribution is -2.33. The molecule has 1 aliphatic rings. The lowest BCUT2D eigenvalue weighted by atomic mass is 10.1. The molecule has 1 saturated heterocycles. The van der Waals surface area contributed by atoms with Crippen LogP contribution >= 0.6 is 11.6 Å². The van der Waals surface area contributed by atoms with E-state index in [1.807, 2.05) is 30.3 Å². The van der Waals surface area contributed by atoms with Gasteiger partial charge in [-0.2, -0.15) is 10.4 Å². The number of fused-ring (bicyclic) bond motifs is 2. The molecule has 1 aliphatic heterocycles. The third kappa shape index (κ3) is 2.92. The molecule has 0 bridgehead atoms. The van der Waals surface area contributed by atoms with E-state index in [9.17, 15) is 10.1 Å². The average Bonchev–Trinajstić information content (AvgIpc) is 3.57. The van der Waals surface area contributed by atoms with Gasteiger partial charge in [-0.05, 0) is 31.0 Å². The van der Waals surface area contributed by atoms with Gasteiger partial charge in [0.15, 0.2) is 5.82 Å². The number of para-hydroxylation sites is 1. The number of rotatable bonds is 3. The van der Waals surface area contributed by atoms with E-state index in [4.69, 9.17) is 16.7 Å². The number of hydrogen-bond acceptors (Lipinski definition) is 6. The van der Waals surface area contributed by atoms with E-state index in [2.05, 4.69) is 25.9 Å². The van der Waals surface area contributed by atoms with Crippen molar-refractivity contribution >= 4 is 34.0 Å². The van der Waals surface area contributed by atoms with Crippen molar-refractivity contribution in [2.24, 2.45) is 0 Å². The Labute approximate surface area is 192 Å². The molecule has 0 spiro atoms. The third-order valence-electron chi connectivity index (χ3n) is 6.07. The number of benzene rings is 1. The predicted octanol–water partition coefficient (Wildman–Crippen LogP) is 3.62. The summed E-state index contributed by atoms with van der Waals surface area (Å²) in [6.45, 7) is 0.710. The van der Waals surface area contributed by atoms with E-state index < -0.39 is 0 Å². The van der Waals surface area contributed by atoms with Gasteiger partial charge in [-0.3, -0.25) is 9.36 Å². The first kappa shape index (κ1) is 19.5. The predicted molar refractivity (Wildman–Crippen MR) is 124 cm³/mol. The number of hydrogen-bond donors (Lipinski definition) is 1. The summed E-state index contributed by atoms with van der Waals surface area (Å²) in [6.07, 6.45) is 6.48. The Morgan fingerprint density at radius 3 is 2.85 bits per heavy atom. The highest BCUT2D eigenvalue weighted by Gasteiger charge is 2.34. The van der Waals surface area contributed by atoms with Crippen molar-refractivity contribution in [2.75, 3.05) is 11.4 Å². The fraction of sp³-hybridized carbons (Fsp3) is 0.174. The molecule has 1 fully saturated rings. The second kappa shape index (κ2) is 7.46. The quantitative estimate of drug-likeness (QED) is 0.444. The number of nitriles is 1.